The second-order valence-corrected chi connectivity index (χ2v) is 6.89. The number of benzene rings is 1. The van der Waals surface area contributed by atoms with E-state index in [-0.39, 0.29) is 0 Å². The van der Waals surface area contributed by atoms with Gasteiger partial charge in [0.05, 0.1) is 16.7 Å². The Morgan fingerprint density at radius 2 is 1.88 bits per heavy atom. The number of nitrogens with zero attached hydrogens (tertiary/aromatic N) is 7. The molecule has 0 aliphatic carbocycles. The molecule has 26 heavy (non-hydrogen) atoms. The van der Waals surface area contributed by atoms with Gasteiger partial charge in [-0.2, -0.15) is 0 Å². The van der Waals surface area contributed by atoms with Crippen LogP contribution in [0, 0.1) is 19.8 Å². The maximum atomic E-state index is 4.82. The molecule has 0 bridgehead atoms. The van der Waals surface area contributed by atoms with Crippen molar-refractivity contribution in [2.24, 2.45) is 5.92 Å². The molecule has 0 radical (unpaired) electrons. The molecule has 3 aromatic heterocycles. The average Bonchev–Trinajstić information content (AvgIpc) is 3.33. The first-order chi connectivity index (χ1) is 12.7. The maximum Gasteiger partial charge on any atom is 0.160 e. The van der Waals surface area contributed by atoms with Crippen LogP contribution in [-0.4, -0.2) is 34.3 Å². The maximum absolute atomic E-state index is 4.82. The van der Waals surface area contributed by atoms with Gasteiger partial charge < -0.3 is 9.13 Å². The number of hydrogen-bond donors (Lipinski definition) is 0. The summed E-state index contributed by atoms with van der Waals surface area (Å²) in [5.41, 5.74) is 3.55. The first kappa shape index (κ1) is 15.2. The van der Waals surface area contributed by atoms with Gasteiger partial charge in [0.15, 0.2) is 5.82 Å². The molecule has 5 rings (SSSR count). The normalized spacial score (nSPS) is 16.3. The average molecular weight is 345 g/mol. The summed E-state index contributed by atoms with van der Waals surface area (Å²) in [6, 6.07) is 7.95. The Hall–Kier alpha value is -3.09. The fourth-order valence-electron chi connectivity index (χ4n) is 3.77. The minimum absolute atomic E-state index is 0.487. The van der Waals surface area contributed by atoms with Gasteiger partial charge in [-0.1, -0.05) is 12.1 Å². The molecular formula is C19H19N7. The molecule has 0 saturated carbocycles. The van der Waals surface area contributed by atoms with Crippen molar-refractivity contribution in [3.05, 3.63) is 54.0 Å². The summed E-state index contributed by atoms with van der Waals surface area (Å²) in [5.74, 6) is 3.43. The van der Waals surface area contributed by atoms with Crippen molar-refractivity contribution >= 4 is 11.0 Å². The van der Waals surface area contributed by atoms with Gasteiger partial charge in [-0.05, 0) is 26.0 Å². The van der Waals surface area contributed by atoms with E-state index in [0.29, 0.717) is 5.92 Å². The Morgan fingerprint density at radius 3 is 2.69 bits per heavy atom. The highest BCUT2D eigenvalue weighted by Gasteiger charge is 2.26. The first-order valence-electron chi connectivity index (χ1n) is 8.82. The summed E-state index contributed by atoms with van der Waals surface area (Å²) in [7, 11) is 0. The van der Waals surface area contributed by atoms with E-state index in [1.807, 2.05) is 50.5 Å². The topological polar surface area (TPSA) is 74.3 Å². The number of aromatic nitrogens is 7. The quantitative estimate of drug-likeness (QED) is 0.570. The molecule has 0 spiro atoms. The van der Waals surface area contributed by atoms with Gasteiger partial charge in [-0.25, -0.2) is 15.0 Å². The summed E-state index contributed by atoms with van der Waals surface area (Å²) >= 11 is 0. The lowest BCUT2D eigenvalue weighted by Gasteiger charge is -2.14. The monoisotopic (exact) mass is 345 g/mol. The molecule has 1 atom stereocenters. The Balaban J connectivity index is 1.47. The highest BCUT2D eigenvalue weighted by atomic mass is 15.3. The van der Waals surface area contributed by atoms with Crippen LogP contribution in [0.25, 0.3) is 22.6 Å². The molecule has 1 aliphatic heterocycles. The minimum Gasteiger partial charge on any atom is -0.329 e. The van der Waals surface area contributed by atoms with Crippen LogP contribution in [0.2, 0.25) is 0 Å². The molecular weight excluding hydrogens is 326 g/mol. The molecule has 7 nitrogen and oxygen atoms in total. The van der Waals surface area contributed by atoms with Gasteiger partial charge in [-0.15, -0.1) is 10.2 Å². The van der Waals surface area contributed by atoms with Crippen LogP contribution >= 0.6 is 0 Å². The zero-order valence-corrected chi connectivity index (χ0v) is 14.8. The number of rotatable bonds is 3. The van der Waals surface area contributed by atoms with Crippen LogP contribution in [0.4, 0.5) is 0 Å². The van der Waals surface area contributed by atoms with Gasteiger partial charge >= 0.3 is 0 Å². The predicted octanol–water partition coefficient (Wildman–Crippen LogP) is 2.57. The summed E-state index contributed by atoms with van der Waals surface area (Å²) < 4.78 is 4.40. The smallest absolute Gasteiger partial charge is 0.160 e. The Morgan fingerprint density at radius 1 is 1.08 bits per heavy atom. The molecule has 1 aromatic carbocycles. The van der Waals surface area contributed by atoms with Crippen LogP contribution < -0.4 is 0 Å². The Labute approximate surface area is 150 Å². The molecule has 0 saturated heterocycles. The third kappa shape index (κ3) is 2.39. The molecule has 4 heterocycles. The SMILES string of the molecule is Cc1nc2ccccc2nc1-c1nccn1CC1Cc2nnc(C)n2C1. The number of fused-ring (bicyclic) bond motifs is 2. The van der Waals surface area contributed by atoms with E-state index in [1.165, 1.54) is 0 Å². The van der Waals surface area contributed by atoms with Crippen molar-refractivity contribution < 1.29 is 0 Å². The fourth-order valence-corrected chi connectivity index (χ4v) is 3.77. The van der Waals surface area contributed by atoms with Crippen LogP contribution in [0.1, 0.15) is 17.3 Å². The van der Waals surface area contributed by atoms with Gasteiger partial charge in [-0.3, -0.25) is 0 Å². The summed E-state index contributed by atoms with van der Waals surface area (Å²) in [6.07, 6.45) is 4.81. The van der Waals surface area contributed by atoms with Crippen molar-refractivity contribution in [3.8, 4) is 11.5 Å². The highest BCUT2D eigenvalue weighted by molar-refractivity contribution is 5.77. The number of imidazole rings is 1. The zero-order valence-electron chi connectivity index (χ0n) is 14.8. The second kappa shape index (κ2) is 5.72. The molecule has 1 unspecified atom stereocenters. The summed E-state index contributed by atoms with van der Waals surface area (Å²) in [5, 5.41) is 8.42. The lowest BCUT2D eigenvalue weighted by molar-refractivity contribution is 0.431. The van der Waals surface area contributed by atoms with E-state index in [1.54, 1.807) is 0 Å². The van der Waals surface area contributed by atoms with Crippen molar-refractivity contribution in [1.29, 1.82) is 0 Å². The first-order valence-corrected chi connectivity index (χ1v) is 8.82. The van der Waals surface area contributed by atoms with E-state index in [0.717, 1.165) is 59.4 Å². The van der Waals surface area contributed by atoms with Crippen molar-refractivity contribution in [2.45, 2.75) is 33.4 Å². The zero-order chi connectivity index (χ0) is 17.7. The third-order valence-corrected chi connectivity index (χ3v) is 5.05. The van der Waals surface area contributed by atoms with E-state index in [9.17, 15) is 0 Å². The largest absolute Gasteiger partial charge is 0.329 e. The number of para-hydroxylation sites is 2. The summed E-state index contributed by atoms with van der Waals surface area (Å²) in [6.45, 7) is 5.84. The second-order valence-electron chi connectivity index (χ2n) is 6.89. The van der Waals surface area contributed by atoms with Gasteiger partial charge in [0, 0.05) is 37.8 Å². The van der Waals surface area contributed by atoms with Gasteiger partial charge in [0.25, 0.3) is 0 Å². The molecule has 0 amide bonds. The predicted molar refractivity (Wildman–Crippen MR) is 97.4 cm³/mol. The molecule has 0 fully saturated rings. The minimum atomic E-state index is 0.487. The standard InChI is InChI=1S/C19H19N7/c1-12-18(22-16-6-4-3-5-15(16)21-12)19-20-7-8-25(19)10-14-9-17-24-23-13(2)26(17)11-14/h3-8,14H,9-11H2,1-2H3. The molecule has 0 N–H and O–H groups in total. The molecule has 130 valence electrons. The third-order valence-electron chi connectivity index (χ3n) is 5.05. The van der Waals surface area contributed by atoms with E-state index >= 15 is 0 Å². The van der Waals surface area contributed by atoms with Crippen molar-refractivity contribution in [2.75, 3.05) is 0 Å². The van der Waals surface area contributed by atoms with E-state index in [4.69, 9.17) is 9.97 Å². The van der Waals surface area contributed by atoms with Crippen LogP contribution in [-0.2, 0) is 19.5 Å². The fraction of sp³-hybridized carbons (Fsp3) is 0.316. The Bertz CT molecular complexity index is 1110. The van der Waals surface area contributed by atoms with E-state index in [2.05, 4.69) is 24.3 Å². The van der Waals surface area contributed by atoms with Crippen LogP contribution in [0.5, 0.6) is 0 Å². The number of aryl methyl sites for hydroxylation is 2. The molecule has 1 aliphatic rings. The highest BCUT2D eigenvalue weighted by Crippen LogP contribution is 2.26. The lowest BCUT2D eigenvalue weighted by atomic mass is 10.1. The Kier molecular flexibility index (Phi) is 3.34. The molecule has 4 aromatic rings. The van der Waals surface area contributed by atoms with Crippen LogP contribution in [0.3, 0.4) is 0 Å². The summed E-state index contributed by atoms with van der Waals surface area (Å²) in [4.78, 5) is 14.1. The number of hydrogen-bond acceptors (Lipinski definition) is 5. The van der Waals surface area contributed by atoms with Gasteiger partial charge in [0.1, 0.15) is 17.3 Å². The lowest BCUT2D eigenvalue weighted by Crippen LogP contribution is -2.14. The van der Waals surface area contributed by atoms with Crippen molar-refractivity contribution in [3.63, 3.8) is 0 Å². The molecule has 7 heteroatoms. The van der Waals surface area contributed by atoms with Gasteiger partial charge in [0.2, 0.25) is 0 Å². The van der Waals surface area contributed by atoms with Crippen molar-refractivity contribution in [1.82, 2.24) is 34.3 Å². The van der Waals surface area contributed by atoms with Crippen LogP contribution in [0.15, 0.2) is 36.7 Å². The van der Waals surface area contributed by atoms with E-state index < -0.39 is 0 Å².